The summed E-state index contributed by atoms with van der Waals surface area (Å²) in [4.78, 5) is 23.4. The number of carbonyl (C=O) groups excluding carboxylic acids is 2. The first-order valence-electron chi connectivity index (χ1n) is 8.25. The molecule has 0 radical (unpaired) electrons. The Morgan fingerprint density at radius 1 is 1.29 bits per heavy atom. The van der Waals surface area contributed by atoms with Crippen LogP contribution in [-0.4, -0.2) is 51.6 Å². The molecule has 0 atom stereocenters. The van der Waals surface area contributed by atoms with Crippen molar-refractivity contribution in [1.29, 1.82) is 0 Å². The maximum absolute atomic E-state index is 12.1. The Bertz CT molecular complexity index is 562. The van der Waals surface area contributed by atoms with Gasteiger partial charge in [-0.05, 0) is 45.0 Å². The van der Waals surface area contributed by atoms with Crippen LogP contribution >= 0.6 is 0 Å². The van der Waals surface area contributed by atoms with Gasteiger partial charge in [0.25, 0.3) is 5.91 Å². The summed E-state index contributed by atoms with van der Waals surface area (Å²) in [6.07, 6.45) is 1.95. The zero-order valence-corrected chi connectivity index (χ0v) is 14.4. The summed E-state index contributed by atoms with van der Waals surface area (Å²) in [5.41, 5.74) is 0.561. The molecule has 1 amide bonds. The number of hydrogen-bond acceptors (Lipinski definition) is 5. The summed E-state index contributed by atoms with van der Waals surface area (Å²) in [6.45, 7) is 4.53. The fraction of sp³-hybridized carbons (Fsp3) is 0.556. The summed E-state index contributed by atoms with van der Waals surface area (Å²) in [7, 11) is 1.69. The van der Waals surface area contributed by atoms with Gasteiger partial charge >= 0.3 is 0 Å². The third-order valence-corrected chi connectivity index (χ3v) is 4.39. The van der Waals surface area contributed by atoms with Gasteiger partial charge in [0, 0.05) is 24.6 Å². The van der Waals surface area contributed by atoms with Crippen LogP contribution in [0.1, 0.15) is 30.1 Å². The van der Waals surface area contributed by atoms with Crippen LogP contribution < -0.4 is 15.4 Å². The predicted molar refractivity (Wildman–Crippen MR) is 91.4 cm³/mol. The average molecular weight is 334 g/mol. The largest absolute Gasteiger partial charge is 0.484 e. The number of benzene rings is 1. The summed E-state index contributed by atoms with van der Waals surface area (Å²) in [5, 5.41) is 6.27. The van der Waals surface area contributed by atoms with Gasteiger partial charge in [-0.3, -0.25) is 9.59 Å². The Balaban J connectivity index is 1.82. The van der Waals surface area contributed by atoms with E-state index in [1.165, 1.54) is 6.92 Å². The van der Waals surface area contributed by atoms with Crippen LogP contribution in [0.5, 0.6) is 5.75 Å². The van der Waals surface area contributed by atoms with E-state index in [1.54, 1.807) is 31.4 Å². The molecule has 0 saturated carbocycles. The van der Waals surface area contributed by atoms with Gasteiger partial charge in [-0.25, -0.2) is 0 Å². The summed E-state index contributed by atoms with van der Waals surface area (Å²) < 4.78 is 10.8. The second-order valence-corrected chi connectivity index (χ2v) is 6.33. The minimum absolute atomic E-state index is 0.00972. The molecule has 1 aromatic rings. The molecule has 1 heterocycles. The van der Waals surface area contributed by atoms with Crippen molar-refractivity contribution in [2.24, 2.45) is 5.41 Å². The number of ether oxygens (including phenoxy) is 2. The monoisotopic (exact) mass is 334 g/mol. The molecule has 6 heteroatoms. The van der Waals surface area contributed by atoms with Gasteiger partial charge < -0.3 is 20.1 Å². The van der Waals surface area contributed by atoms with E-state index in [1.807, 2.05) is 0 Å². The number of Topliss-reactive ketones (excluding diaryl/α,β-unsaturated/α-hetero) is 1. The topological polar surface area (TPSA) is 76.7 Å². The van der Waals surface area contributed by atoms with Crippen molar-refractivity contribution in [2.45, 2.75) is 19.8 Å². The molecule has 1 fully saturated rings. The normalized spacial score (nSPS) is 16.4. The van der Waals surface area contributed by atoms with Crippen LogP contribution in [0, 0.1) is 5.41 Å². The third-order valence-electron chi connectivity index (χ3n) is 4.39. The number of nitrogens with one attached hydrogen (secondary N) is 2. The first kappa shape index (κ1) is 18.4. The molecule has 0 spiro atoms. The Kier molecular flexibility index (Phi) is 6.75. The second-order valence-electron chi connectivity index (χ2n) is 6.33. The van der Waals surface area contributed by atoms with Gasteiger partial charge in [0.05, 0.1) is 6.61 Å². The van der Waals surface area contributed by atoms with Gasteiger partial charge in [-0.1, -0.05) is 12.1 Å². The van der Waals surface area contributed by atoms with Gasteiger partial charge in [0.2, 0.25) is 0 Å². The molecule has 6 nitrogen and oxygen atoms in total. The summed E-state index contributed by atoms with van der Waals surface area (Å²) in [5.74, 6) is 0.320. The maximum Gasteiger partial charge on any atom is 0.257 e. The lowest BCUT2D eigenvalue weighted by Gasteiger charge is -2.37. The highest BCUT2D eigenvalue weighted by molar-refractivity contribution is 5.94. The second kappa shape index (κ2) is 8.80. The van der Waals surface area contributed by atoms with Crippen molar-refractivity contribution < 1.29 is 19.1 Å². The molecule has 132 valence electrons. The van der Waals surface area contributed by atoms with E-state index >= 15 is 0 Å². The highest BCUT2D eigenvalue weighted by atomic mass is 16.5. The minimum Gasteiger partial charge on any atom is -0.484 e. The minimum atomic E-state index is -0.169. The van der Waals surface area contributed by atoms with Crippen LogP contribution in [0.3, 0.4) is 0 Å². The number of amides is 1. The first-order valence-corrected chi connectivity index (χ1v) is 8.25. The van der Waals surface area contributed by atoms with Crippen molar-refractivity contribution in [3.8, 4) is 5.75 Å². The van der Waals surface area contributed by atoms with E-state index in [-0.39, 0.29) is 23.7 Å². The van der Waals surface area contributed by atoms with E-state index in [0.717, 1.165) is 25.9 Å². The molecule has 1 aliphatic heterocycles. The third kappa shape index (κ3) is 5.32. The Morgan fingerprint density at radius 2 is 2.04 bits per heavy atom. The zero-order chi connectivity index (χ0) is 17.4. The number of ketones is 1. The smallest absolute Gasteiger partial charge is 0.257 e. The first-order chi connectivity index (χ1) is 11.5. The van der Waals surface area contributed by atoms with Gasteiger partial charge in [0.15, 0.2) is 12.4 Å². The van der Waals surface area contributed by atoms with Crippen molar-refractivity contribution in [1.82, 2.24) is 10.6 Å². The molecular weight excluding hydrogens is 308 g/mol. The fourth-order valence-corrected chi connectivity index (χ4v) is 2.93. The van der Waals surface area contributed by atoms with E-state index in [2.05, 4.69) is 10.6 Å². The van der Waals surface area contributed by atoms with Crippen LogP contribution in [0.2, 0.25) is 0 Å². The molecule has 1 aliphatic rings. The van der Waals surface area contributed by atoms with Crippen molar-refractivity contribution in [3.63, 3.8) is 0 Å². The molecule has 0 bridgehead atoms. The van der Waals surface area contributed by atoms with Crippen molar-refractivity contribution >= 4 is 11.7 Å². The van der Waals surface area contributed by atoms with Gasteiger partial charge in [0.1, 0.15) is 5.75 Å². The van der Waals surface area contributed by atoms with Crippen molar-refractivity contribution in [2.75, 3.05) is 40.0 Å². The lowest BCUT2D eigenvalue weighted by atomic mass is 9.79. The Hall–Kier alpha value is -1.92. The SMILES string of the molecule is COCC1(CNC(=O)COc2cccc(C(C)=O)c2)CCNCC1. The van der Waals surface area contributed by atoms with Crippen LogP contribution in [0.15, 0.2) is 24.3 Å². The Labute approximate surface area is 142 Å². The van der Waals surface area contributed by atoms with Crippen LogP contribution in [0.4, 0.5) is 0 Å². The maximum atomic E-state index is 12.1. The standard InChI is InChI=1S/C18H26N2O4/c1-14(21)15-4-3-5-16(10-15)24-11-17(22)20-12-18(13-23-2)6-8-19-9-7-18/h3-5,10,19H,6-9,11-13H2,1-2H3,(H,20,22). The summed E-state index contributed by atoms with van der Waals surface area (Å²) in [6, 6.07) is 6.85. The molecular formula is C18H26N2O4. The van der Waals surface area contributed by atoms with Gasteiger partial charge in [-0.15, -0.1) is 0 Å². The zero-order valence-electron chi connectivity index (χ0n) is 14.4. The van der Waals surface area contributed by atoms with Crippen LogP contribution in [0.25, 0.3) is 0 Å². The lowest BCUT2D eigenvalue weighted by Crippen LogP contribution is -2.47. The predicted octanol–water partition coefficient (Wildman–Crippen LogP) is 1.40. The Morgan fingerprint density at radius 3 is 2.71 bits per heavy atom. The summed E-state index contributed by atoms with van der Waals surface area (Å²) >= 11 is 0. The van der Waals surface area contributed by atoms with E-state index in [0.29, 0.717) is 24.5 Å². The lowest BCUT2D eigenvalue weighted by molar-refractivity contribution is -0.124. The molecule has 0 unspecified atom stereocenters. The number of rotatable bonds is 8. The highest BCUT2D eigenvalue weighted by Crippen LogP contribution is 2.28. The quantitative estimate of drug-likeness (QED) is 0.703. The van der Waals surface area contributed by atoms with E-state index in [4.69, 9.17) is 9.47 Å². The highest BCUT2D eigenvalue weighted by Gasteiger charge is 2.32. The molecule has 0 aromatic heterocycles. The molecule has 24 heavy (non-hydrogen) atoms. The molecule has 1 aromatic carbocycles. The number of carbonyl (C=O) groups is 2. The number of hydrogen-bond donors (Lipinski definition) is 2. The molecule has 1 saturated heterocycles. The van der Waals surface area contributed by atoms with Crippen LogP contribution in [-0.2, 0) is 9.53 Å². The molecule has 2 N–H and O–H groups in total. The number of methoxy groups -OCH3 is 1. The molecule has 0 aliphatic carbocycles. The fourth-order valence-electron chi connectivity index (χ4n) is 2.93. The van der Waals surface area contributed by atoms with E-state index in [9.17, 15) is 9.59 Å². The van der Waals surface area contributed by atoms with Crippen molar-refractivity contribution in [3.05, 3.63) is 29.8 Å². The number of piperidine rings is 1. The molecule has 2 rings (SSSR count). The van der Waals surface area contributed by atoms with E-state index < -0.39 is 0 Å². The van der Waals surface area contributed by atoms with Gasteiger partial charge in [-0.2, -0.15) is 0 Å². The average Bonchev–Trinajstić information content (AvgIpc) is 2.59.